The van der Waals surface area contributed by atoms with Crippen molar-refractivity contribution in [2.45, 2.75) is 45.4 Å². The first kappa shape index (κ1) is 21.0. The third-order valence-corrected chi connectivity index (χ3v) is 3.99. The molecule has 10 nitrogen and oxygen atoms in total. The molecule has 2 aromatic rings. The summed E-state index contributed by atoms with van der Waals surface area (Å²) in [5, 5.41) is 13.7. The zero-order valence-electron chi connectivity index (χ0n) is 15.8. The third-order valence-electron chi connectivity index (χ3n) is 3.99. The maximum atomic E-state index is 12.5. The summed E-state index contributed by atoms with van der Waals surface area (Å²) in [5.74, 6) is -0.277. The summed E-state index contributed by atoms with van der Waals surface area (Å²) in [6, 6.07) is 8.50. The number of benzene rings is 1. The van der Waals surface area contributed by atoms with E-state index in [0.29, 0.717) is 12.2 Å². The Morgan fingerprint density at radius 3 is 2.64 bits per heavy atom. The number of nitrogens with one attached hydrogen (secondary N) is 1. The van der Waals surface area contributed by atoms with Gasteiger partial charge >= 0.3 is 12.1 Å². The van der Waals surface area contributed by atoms with Gasteiger partial charge in [0.25, 0.3) is 0 Å². The number of rotatable bonds is 10. The molecular formula is C18H23N5O5. The Kier molecular flexibility index (Phi) is 8.07. The summed E-state index contributed by atoms with van der Waals surface area (Å²) < 4.78 is 11.0. The van der Waals surface area contributed by atoms with Crippen molar-refractivity contribution in [2.75, 3.05) is 7.11 Å². The molecule has 0 spiro atoms. The Bertz CT molecular complexity index is 793. The second-order valence-corrected chi connectivity index (χ2v) is 5.96. The van der Waals surface area contributed by atoms with Gasteiger partial charge in [0.2, 0.25) is 0 Å². The maximum Gasteiger partial charge on any atom is 0.408 e. The third kappa shape index (κ3) is 6.45. The second kappa shape index (κ2) is 10.8. The largest absolute Gasteiger partial charge is 0.469 e. The monoisotopic (exact) mass is 389 g/mol. The number of aromatic nitrogens is 4. The highest BCUT2D eigenvalue weighted by molar-refractivity contribution is 5.87. The lowest BCUT2D eigenvalue weighted by Crippen LogP contribution is -2.42. The number of hydrogen-bond acceptors (Lipinski definition) is 8. The zero-order chi connectivity index (χ0) is 20.4. The van der Waals surface area contributed by atoms with Gasteiger partial charge in [0, 0.05) is 6.42 Å². The van der Waals surface area contributed by atoms with Gasteiger partial charge < -0.3 is 14.8 Å². The highest BCUT2D eigenvalue weighted by atomic mass is 16.5. The van der Waals surface area contributed by atoms with E-state index in [0.717, 1.165) is 5.56 Å². The fourth-order valence-electron chi connectivity index (χ4n) is 2.42. The quantitative estimate of drug-likeness (QED) is 0.598. The van der Waals surface area contributed by atoms with Crippen LogP contribution in [0.25, 0.3) is 0 Å². The van der Waals surface area contributed by atoms with Crippen LogP contribution >= 0.6 is 0 Å². The highest BCUT2D eigenvalue weighted by Crippen LogP contribution is 2.04. The molecule has 1 amide bonds. The van der Waals surface area contributed by atoms with E-state index < -0.39 is 18.1 Å². The van der Waals surface area contributed by atoms with E-state index in [1.807, 2.05) is 30.3 Å². The molecule has 0 aliphatic carbocycles. The zero-order valence-corrected chi connectivity index (χ0v) is 15.8. The molecule has 0 saturated carbocycles. The lowest BCUT2D eigenvalue weighted by Gasteiger charge is -2.16. The Balaban J connectivity index is 1.86. The van der Waals surface area contributed by atoms with Crippen molar-refractivity contribution in [3.8, 4) is 0 Å². The number of ether oxygens (including phenoxy) is 2. The minimum atomic E-state index is -0.735. The standard InChI is InChI=1S/C18H23N5O5/c1-3-14(19-18(26)28-12-13-7-5-4-6-8-13)15(24)11-23-16(20-21-22-23)9-10-17(25)27-2/h4-8,14H,3,9-12H2,1-2H3,(H,19,26). The average Bonchev–Trinajstić information content (AvgIpc) is 3.16. The predicted molar refractivity (Wildman–Crippen MR) is 97.0 cm³/mol. The normalized spacial score (nSPS) is 11.5. The van der Waals surface area contributed by atoms with Crippen LogP contribution in [0.4, 0.5) is 4.79 Å². The van der Waals surface area contributed by atoms with Gasteiger partial charge in [-0.3, -0.25) is 9.59 Å². The van der Waals surface area contributed by atoms with Gasteiger partial charge in [0.1, 0.15) is 13.2 Å². The number of nitrogens with zero attached hydrogens (tertiary/aromatic N) is 4. The molecule has 0 saturated heterocycles. The van der Waals surface area contributed by atoms with Gasteiger partial charge in [-0.15, -0.1) is 5.10 Å². The van der Waals surface area contributed by atoms with Gasteiger partial charge in [0.15, 0.2) is 11.6 Å². The number of alkyl carbamates (subject to hydrolysis) is 1. The van der Waals surface area contributed by atoms with Crippen molar-refractivity contribution >= 4 is 17.8 Å². The number of ketones is 1. The van der Waals surface area contributed by atoms with Crippen molar-refractivity contribution in [3.63, 3.8) is 0 Å². The Labute approximate surface area is 162 Å². The van der Waals surface area contributed by atoms with Crippen molar-refractivity contribution in [1.82, 2.24) is 25.5 Å². The number of methoxy groups -OCH3 is 1. The SMILES string of the molecule is CCC(NC(=O)OCc1ccccc1)C(=O)Cn1nnnc1CCC(=O)OC. The summed E-state index contributed by atoms with van der Waals surface area (Å²) in [7, 11) is 1.29. The molecule has 150 valence electrons. The van der Waals surface area contributed by atoms with Gasteiger partial charge in [-0.05, 0) is 22.4 Å². The Morgan fingerprint density at radius 1 is 1.21 bits per heavy atom. The number of esters is 1. The van der Waals surface area contributed by atoms with Crippen LogP contribution < -0.4 is 5.32 Å². The minimum absolute atomic E-state index is 0.104. The lowest BCUT2D eigenvalue weighted by molar-refractivity contribution is -0.140. The molecule has 0 bridgehead atoms. The molecule has 0 aliphatic heterocycles. The van der Waals surface area contributed by atoms with E-state index in [9.17, 15) is 14.4 Å². The van der Waals surface area contributed by atoms with Crippen LogP contribution in [0, 0.1) is 0 Å². The van der Waals surface area contributed by atoms with Crippen molar-refractivity contribution in [2.24, 2.45) is 0 Å². The van der Waals surface area contributed by atoms with Crippen molar-refractivity contribution < 1.29 is 23.9 Å². The molecule has 1 unspecified atom stereocenters. The van der Waals surface area contributed by atoms with E-state index >= 15 is 0 Å². The van der Waals surface area contributed by atoms with Gasteiger partial charge in [-0.2, -0.15) is 0 Å². The summed E-state index contributed by atoms with van der Waals surface area (Å²) in [4.78, 5) is 35.8. The first-order chi connectivity index (χ1) is 13.5. The van der Waals surface area contributed by atoms with Crippen LogP contribution in [-0.2, 0) is 38.6 Å². The van der Waals surface area contributed by atoms with E-state index in [2.05, 4.69) is 25.6 Å². The van der Waals surface area contributed by atoms with Crippen LogP contribution in [-0.4, -0.2) is 51.2 Å². The smallest absolute Gasteiger partial charge is 0.408 e. The molecule has 28 heavy (non-hydrogen) atoms. The molecule has 10 heteroatoms. The molecular weight excluding hydrogens is 366 g/mol. The van der Waals surface area contributed by atoms with Crippen molar-refractivity contribution in [3.05, 3.63) is 41.7 Å². The highest BCUT2D eigenvalue weighted by Gasteiger charge is 2.22. The molecule has 1 N–H and O–H groups in total. The maximum absolute atomic E-state index is 12.5. The molecule has 2 rings (SSSR count). The minimum Gasteiger partial charge on any atom is -0.469 e. The van der Waals surface area contributed by atoms with E-state index in [1.165, 1.54) is 11.8 Å². The number of hydrogen-bond donors (Lipinski definition) is 1. The second-order valence-electron chi connectivity index (χ2n) is 5.96. The van der Waals surface area contributed by atoms with Crippen LogP contribution in [0.15, 0.2) is 30.3 Å². The first-order valence-electron chi connectivity index (χ1n) is 8.85. The first-order valence-corrected chi connectivity index (χ1v) is 8.85. The predicted octanol–water partition coefficient (Wildman–Crippen LogP) is 1.05. The average molecular weight is 389 g/mol. The molecule has 1 aromatic heterocycles. The summed E-state index contributed by atoms with van der Waals surface area (Å²) in [6.07, 6.45) is 0.0632. The van der Waals surface area contributed by atoms with Crippen LogP contribution in [0.2, 0.25) is 0 Å². The van der Waals surface area contributed by atoms with Gasteiger partial charge in [-0.1, -0.05) is 37.3 Å². The van der Waals surface area contributed by atoms with Gasteiger partial charge in [0.05, 0.1) is 19.6 Å². The van der Waals surface area contributed by atoms with E-state index in [4.69, 9.17) is 4.74 Å². The number of aryl methyl sites for hydroxylation is 1. The summed E-state index contributed by atoms with van der Waals surface area (Å²) in [6.45, 7) is 1.76. The molecule has 0 radical (unpaired) electrons. The lowest BCUT2D eigenvalue weighted by atomic mass is 10.1. The topological polar surface area (TPSA) is 125 Å². The summed E-state index contributed by atoms with van der Waals surface area (Å²) >= 11 is 0. The van der Waals surface area contributed by atoms with Crippen LogP contribution in [0.5, 0.6) is 0 Å². The Morgan fingerprint density at radius 2 is 1.96 bits per heavy atom. The molecule has 1 atom stereocenters. The molecule has 1 aromatic carbocycles. The fraction of sp³-hybridized carbons (Fsp3) is 0.444. The fourth-order valence-corrected chi connectivity index (χ4v) is 2.42. The molecule has 1 heterocycles. The number of amides is 1. The van der Waals surface area contributed by atoms with Gasteiger partial charge in [-0.25, -0.2) is 9.48 Å². The van der Waals surface area contributed by atoms with Crippen LogP contribution in [0.1, 0.15) is 31.2 Å². The summed E-state index contributed by atoms with van der Waals surface area (Å²) in [5.41, 5.74) is 0.848. The number of carbonyl (C=O) groups is 3. The van der Waals surface area contributed by atoms with E-state index in [1.54, 1.807) is 6.92 Å². The molecule has 0 fully saturated rings. The van der Waals surface area contributed by atoms with Crippen LogP contribution in [0.3, 0.4) is 0 Å². The van der Waals surface area contributed by atoms with Crippen molar-refractivity contribution in [1.29, 1.82) is 0 Å². The molecule has 0 aliphatic rings. The number of Topliss-reactive ketones (excluding diaryl/α,β-unsaturated/α-hetero) is 1. The Hall–Kier alpha value is -3.30. The number of carbonyl (C=O) groups excluding carboxylic acids is 3. The van der Waals surface area contributed by atoms with E-state index in [-0.39, 0.29) is 31.8 Å². The number of tetrazole rings is 1.